The van der Waals surface area contributed by atoms with Gasteiger partial charge in [0.2, 0.25) is 0 Å². The van der Waals surface area contributed by atoms with Gasteiger partial charge in [0, 0.05) is 12.5 Å². The third kappa shape index (κ3) is 2.59. The summed E-state index contributed by atoms with van der Waals surface area (Å²) in [6, 6.07) is 0. The van der Waals surface area contributed by atoms with E-state index in [1.54, 1.807) is 6.92 Å². The topological polar surface area (TPSA) is 26.3 Å². The van der Waals surface area contributed by atoms with Crippen LogP contribution in [-0.2, 0) is 9.53 Å². The van der Waals surface area contributed by atoms with Gasteiger partial charge in [0.15, 0.2) is 0 Å². The van der Waals surface area contributed by atoms with Crippen molar-refractivity contribution in [3.8, 4) is 0 Å². The molecule has 0 aromatic carbocycles. The molecule has 0 aromatic heterocycles. The number of ketones is 1. The average molecular weight is 170 g/mol. The van der Waals surface area contributed by atoms with E-state index in [9.17, 15) is 4.79 Å². The van der Waals surface area contributed by atoms with Crippen LogP contribution in [0.5, 0.6) is 0 Å². The molecule has 1 rings (SSSR count). The first kappa shape index (κ1) is 9.72. The lowest BCUT2D eigenvalue weighted by Gasteiger charge is -2.33. The highest BCUT2D eigenvalue weighted by atomic mass is 16.5. The molecule has 0 bridgehead atoms. The normalized spacial score (nSPS) is 28.7. The van der Waals surface area contributed by atoms with Crippen LogP contribution in [0.4, 0.5) is 0 Å². The Morgan fingerprint density at radius 1 is 1.50 bits per heavy atom. The molecule has 0 heterocycles. The summed E-state index contributed by atoms with van der Waals surface area (Å²) >= 11 is 0. The highest BCUT2D eigenvalue weighted by Gasteiger charge is 2.32. The van der Waals surface area contributed by atoms with E-state index in [0.717, 1.165) is 19.4 Å². The average Bonchev–Trinajstić information content (AvgIpc) is 1.82. The minimum absolute atomic E-state index is 0.321. The zero-order valence-electron chi connectivity index (χ0n) is 8.17. The largest absolute Gasteiger partial charge is 0.379 e. The van der Waals surface area contributed by atoms with E-state index in [2.05, 4.69) is 0 Å². The van der Waals surface area contributed by atoms with Gasteiger partial charge in [-0.25, -0.2) is 0 Å². The van der Waals surface area contributed by atoms with Gasteiger partial charge in [-0.05, 0) is 39.5 Å². The van der Waals surface area contributed by atoms with Crippen molar-refractivity contribution in [1.82, 2.24) is 0 Å². The molecule has 12 heavy (non-hydrogen) atoms. The first-order valence-corrected chi connectivity index (χ1v) is 4.71. The van der Waals surface area contributed by atoms with Gasteiger partial charge in [0.1, 0.15) is 5.78 Å². The van der Waals surface area contributed by atoms with E-state index in [0.29, 0.717) is 23.7 Å². The summed E-state index contributed by atoms with van der Waals surface area (Å²) in [6.07, 6.45) is 2.41. The molecular formula is C10H18O2. The monoisotopic (exact) mass is 170 g/mol. The Kier molecular flexibility index (Phi) is 3.27. The van der Waals surface area contributed by atoms with Crippen LogP contribution in [0.3, 0.4) is 0 Å². The number of carbonyl (C=O) groups excluding carboxylic acids is 1. The maximum Gasteiger partial charge on any atom is 0.132 e. The number of Topliss-reactive ketones (excluding diaryl/α,β-unsaturated/α-hetero) is 1. The first-order chi connectivity index (χ1) is 5.59. The molecule has 0 aliphatic heterocycles. The molecule has 0 saturated heterocycles. The van der Waals surface area contributed by atoms with Gasteiger partial charge in [-0.15, -0.1) is 0 Å². The minimum Gasteiger partial charge on any atom is -0.379 e. The van der Waals surface area contributed by atoms with Crippen molar-refractivity contribution < 1.29 is 9.53 Å². The summed E-state index contributed by atoms with van der Waals surface area (Å²) in [5, 5.41) is 0. The van der Waals surface area contributed by atoms with E-state index in [1.165, 1.54) is 0 Å². The lowest BCUT2D eigenvalue weighted by Crippen LogP contribution is -2.32. The standard InChI is InChI=1S/C10H18O2/c1-7(2)12-6-9-4-10(5-9)8(3)11/h7,9-10H,4-6H2,1-3H3. The Labute approximate surface area is 74.3 Å². The van der Waals surface area contributed by atoms with Crippen molar-refractivity contribution in [2.24, 2.45) is 11.8 Å². The molecule has 2 nitrogen and oxygen atoms in total. The fourth-order valence-corrected chi connectivity index (χ4v) is 1.53. The summed E-state index contributed by atoms with van der Waals surface area (Å²) in [5.74, 6) is 1.32. The molecule has 1 fully saturated rings. The quantitative estimate of drug-likeness (QED) is 0.645. The molecule has 70 valence electrons. The highest BCUT2D eigenvalue weighted by Crippen LogP contribution is 2.34. The second-order valence-corrected chi connectivity index (χ2v) is 4.03. The van der Waals surface area contributed by atoms with Gasteiger partial charge in [0.25, 0.3) is 0 Å². The van der Waals surface area contributed by atoms with Crippen molar-refractivity contribution in [3.63, 3.8) is 0 Å². The number of rotatable bonds is 4. The lowest BCUT2D eigenvalue weighted by molar-refractivity contribution is -0.125. The molecule has 0 atom stereocenters. The summed E-state index contributed by atoms with van der Waals surface area (Å²) in [5.41, 5.74) is 0. The van der Waals surface area contributed by atoms with Crippen LogP contribution in [0.25, 0.3) is 0 Å². The van der Waals surface area contributed by atoms with Crippen molar-refractivity contribution in [2.75, 3.05) is 6.61 Å². The molecule has 1 aliphatic rings. The predicted octanol–water partition coefficient (Wildman–Crippen LogP) is 2.03. The Hall–Kier alpha value is -0.370. The van der Waals surface area contributed by atoms with Crippen LogP contribution in [0.15, 0.2) is 0 Å². The molecule has 0 amide bonds. The van der Waals surface area contributed by atoms with Gasteiger partial charge >= 0.3 is 0 Å². The Morgan fingerprint density at radius 2 is 2.08 bits per heavy atom. The van der Waals surface area contributed by atoms with E-state index in [-0.39, 0.29) is 0 Å². The van der Waals surface area contributed by atoms with E-state index < -0.39 is 0 Å². The SMILES string of the molecule is CC(=O)C1CC(COC(C)C)C1. The zero-order valence-corrected chi connectivity index (χ0v) is 8.17. The number of ether oxygens (including phenoxy) is 1. The molecule has 1 saturated carbocycles. The van der Waals surface area contributed by atoms with Crippen LogP contribution in [0.2, 0.25) is 0 Å². The summed E-state index contributed by atoms with van der Waals surface area (Å²) < 4.78 is 5.46. The van der Waals surface area contributed by atoms with Crippen LogP contribution in [0, 0.1) is 11.8 Å². The van der Waals surface area contributed by atoms with Crippen molar-refractivity contribution >= 4 is 5.78 Å². The third-order valence-corrected chi connectivity index (χ3v) is 2.48. The minimum atomic E-state index is 0.321. The maximum atomic E-state index is 10.9. The van der Waals surface area contributed by atoms with E-state index >= 15 is 0 Å². The van der Waals surface area contributed by atoms with Crippen molar-refractivity contribution in [3.05, 3.63) is 0 Å². The first-order valence-electron chi connectivity index (χ1n) is 4.71. The molecule has 0 spiro atoms. The van der Waals surface area contributed by atoms with Crippen LogP contribution in [0.1, 0.15) is 33.6 Å². The fourth-order valence-electron chi connectivity index (χ4n) is 1.53. The second kappa shape index (κ2) is 4.04. The fraction of sp³-hybridized carbons (Fsp3) is 0.900. The number of hydrogen-bond donors (Lipinski definition) is 0. The molecule has 0 aromatic rings. The maximum absolute atomic E-state index is 10.9. The summed E-state index contributed by atoms with van der Waals surface area (Å²) in [4.78, 5) is 10.9. The Morgan fingerprint density at radius 3 is 2.50 bits per heavy atom. The molecule has 0 N–H and O–H groups in total. The smallest absolute Gasteiger partial charge is 0.132 e. The lowest BCUT2D eigenvalue weighted by atomic mass is 9.73. The molecule has 0 radical (unpaired) electrons. The van der Waals surface area contributed by atoms with E-state index in [1.807, 2.05) is 13.8 Å². The highest BCUT2D eigenvalue weighted by molar-refractivity contribution is 5.79. The van der Waals surface area contributed by atoms with Crippen molar-refractivity contribution in [1.29, 1.82) is 0 Å². The summed E-state index contributed by atoms with van der Waals surface area (Å²) in [7, 11) is 0. The predicted molar refractivity (Wildman–Crippen MR) is 48.0 cm³/mol. The van der Waals surface area contributed by atoms with Gasteiger partial charge < -0.3 is 4.74 Å². The third-order valence-electron chi connectivity index (χ3n) is 2.48. The molecule has 0 unspecified atom stereocenters. The Balaban J connectivity index is 2.06. The van der Waals surface area contributed by atoms with Gasteiger partial charge in [-0.3, -0.25) is 4.79 Å². The van der Waals surface area contributed by atoms with Gasteiger partial charge in [-0.1, -0.05) is 0 Å². The van der Waals surface area contributed by atoms with Gasteiger partial charge in [0.05, 0.1) is 6.10 Å². The van der Waals surface area contributed by atoms with Crippen LogP contribution in [-0.4, -0.2) is 18.5 Å². The Bertz CT molecular complexity index is 157. The van der Waals surface area contributed by atoms with E-state index in [4.69, 9.17) is 4.74 Å². The summed E-state index contributed by atoms with van der Waals surface area (Å²) in [6.45, 7) is 6.61. The van der Waals surface area contributed by atoms with Crippen LogP contribution >= 0.6 is 0 Å². The van der Waals surface area contributed by atoms with Crippen LogP contribution < -0.4 is 0 Å². The zero-order chi connectivity index (χ0) is 9.14. The number of carbonyl (C=O) groups is 1. The van der Waals surface area contributed by atoms with Crippen molar-refractivity contribution in [2.45, 2.75) is 39.7 Å². The molecule has 2 heteroatoms. The van der Waals surface area contributed by atoms with Gasteiger partial charge in [-0.2, -0.15) is 0 Å². The number of hydrogen-bond acceptors (Lipinski definition) is 2. The molecular weight excluding hydrogens is 152 g/mol. The molecule has 1 aliphatic carbocycles. The second-order valence-electron chi connectivity index (χ2n) is 4.03.